The van der Waals surface area contributed by atoms with Gasteiger partial charge in [0, 0.05) is 12.3 Å². The normalized spacial score (nSPS) is 9.62. The maximum Gasteiger partial charge on any atom is 0.213 e. The zero-order valence-electron chi connectivity index (χ0n) is 7.07. The number of nitrogen functional groups attached to an aromatic ring is 1. The second kappa shape index (κ2) is 3.53. The molecule has 0 radical (unpaired) electrons. The number of halogens is 1. The third-order valence-corrected chi connectivity index (χ3v) is 1.74. The van der Waals surface area contributed by atoms with E-state index in [1.165, 1.54) is 0 Å². The highest BCUT2D eigenvalue weighted by molar-refractivity contribution is 5.87. The zero-order valence-corrected chi connectivity index (χ0v) is 7.89. The molecule has 0 atom stereocenters. The van der Waals surface area contributed by atoms with Gasteiger partial charge in [0.25, 0.3) is 0 Å². The molecule has 0 amide bonds. The molecule has 0 saturated carbocycles. The number of hydrogen-bond donors (Lipinski definition) is 2. The number of pyridine rings is 1. The molecule has 0 aliphatic rings. The van der Waals surface area contributed by atoms with E-state index in [0.29, 0.717) is 11.6 Å². The molecule has 0 aliphatic carbocycles. The highest BCUT2D eigenvalue weighted by Gasteiger charge is 2.02. The SMILES string of the molecule is COc1ccc2[nH]cc(N)c2n1.Cl. The Hall–Kier alpha value is -1.42. The van der Waals surface area contributed by atoms with Crippen molar-refractivity contribution < 1.29 is 4.74 Å². The van der Waals surface area contributed by atoms with Gasteiger partial charge in [0.2, 0.25) is 5.88 Å². The third-order valence-electron chi connectivity index (χ3n) is 1.74. The quantitative estimate of drug-likeness (QED) is 0.733. The van der Waals surface area contributed by atoms with Crippen LogP contribution in [0.1, 0.15) is 0 Å². The van der Waals surface area contributed by atoms with Crippen molar-refractivity contribution in [2.45, 2.75) is 0 Å². The average molecular weight is 200 g/mol. The van der Waals surface area contributed by atoms with Crippen molar-refractivity contribution >= 4 is 29.1 Å². The zero-order chi connectivity index (χ0) is 8.55. The van der Waals surface area contributed by atoms with Crippen LogP contribution in [-0.4, -0.2) is 17.1 Å². The number of methoxy groups -OCH3 is 1. The number of rotatable bonds is 1. The number of aromatic nitrogens is 2. The van der Waals surface area contributed by atoms with E-state index >= 15 is 0 Å². The van der Waals surface area contributed by atoms with Crippen molar-refractivity contribution in [3.8, 4) is 5.88 Å². The van der Waals surface area contributed by atoms with Crippen LogP contribution in [0.3, 0.4) is 0 Å². The molecule has 3 N–H and O–H groups in total. The minimum atomic E-state index is 0. The van der Waals surface area contributed by atoms with Gasteiger partial charge in [0.1, 0.15) is 5.52 Å². The van der Waals surface area contributed by atoms with Gasteiger partial charge in [0.05, 0.1) is 18.3 Å². The van der Waals surface area contributed by atoms with Crippen LogP contribution in [0.5, 0.6) is 5.88 Å². The molecular formula is C8H10ClN3O. The van der Waals surface area contributed by atoms with E-state index in [-0.39, 0.29) is 12.4 Å². The summed E-state index contributed by atoms with van der Waals surface area (Å²) in [6.07, 6.45) is 1.72. The number of anilines is 1. The lowest BCUT2D eigenvalue weighted by molar-refractivity contribution is 0.399. The van der Waals surface area contributed by atoms with Crippen molar-refractivity contribution in [1.82, 2.24) is 9.97 Å². The van der Waals surface area contributed by atoms with Crippen LogP contribution in [0.25, 0.3) is 11.0 Å². The molecule has 0 bridgehead atoms. The van der Waals surface area contributed by atoms with Gasteiger partial charge in [-0.2, -0.15) is 0 Å². The Morgan fingerprint density at radius 2 is 2.23 bits per heavy atom. The number of H-pyrrole nitrogens is 1. The molecule has 70 valence electrons. The molecule has 0 aromatic carbocycles. The number of hydrogen-bond acceptors (Lipinski definition) is 3. The van der Waals surface area contributed by atoms with Crippen molar-refractivity contribution in [1.29, 1.82) is 0 Å². The highest BCUT2D eigenvalue weighted by atomic mass is 35.5. The number of nitrogens with zero attached hydrogens (tertiary/aromatic N) is 1. The smallest absolute Gasteiger partial charge is 0.213 e. The molecular weight excluding hydrogens is 190 g/mol. The van der Waals surface area contributed by atoms with Crippen molar-refractivity contribution in [3.63, 3.8) is 0 Å². The van der Waals surface area contributed by atoms with Crippen molar-refractivity contribution in [2.75, 3.05) is 12.8 Å². The fourth-order valence-electron chi connectivity index (χ4n) is 1.12. The predicted molar refractivity (Wildman–Crippen MR) is 54.3 cm³/mol. The Balaban J connectivity index is 0.000000845. The Bertz CT molecular complexity index is 413. The summed E-state index contributed by atoms with van der Waals surface area (Å²) in [6, 6.07) is 3.68. The molecule has 0 aliphatic heterocycles. The molecule has 2 rings (SSSR count). The van der Waals surface area contributed by atoms with E-state index in [1.807, 2.05) is 6.07 Å². The Labute approximate surface area is 81.5 Å². The van der Waals surface area contributed by atoms with Gasteiger partial charge in [-0.1, -0.05) is 0 Å². The molecule has 0 fully saturated rings. The molecule has 0 unspecified atom stereocenters. The summed E-state index contributed by atoms with van der Waals surface area (Å²) < 4.78 is 4.97. The minimum absolute atomic E-state index is 0. The number of ether oxygens (including phenoxy) is 1. The predicted octanol–water partition coefficient (Wildman–Crippen LogP) is 1.58. The molecule has 2 aromatic rings. The van der Waals surface area contributed by atoms with Crippen LogP contribution < -0.4 is 10.5 Å². The molecule has 13 heavy (non-hydrogen) atoms. The first-order valence-electron chi connectivity index (χ1n) is 3.59. The van der Waals surface area contributed by atoms with Crippen LogP contribution >= 0.6 is 12.4 Å². The molecule has 4 nitrogen and oxygen atoms in total. The minimum Gasteiger partial charge on any atom is -0.481 e. The molecule has 0 saturated heterocycles. The summed E-state index contributed by atoms with van der Waals surface area (Å²) in [5.74, 6) is 0.578. The van der Waals surface area contributed by atoms with Gasteiger partial charge >= 0.3 is 0 Å². The first-order valence-corrected chi connectivity index (χ1v) is 3.59. The first-order chi connectivity index (χ1) is 5.81. The van der Waals surface area contributed by atoms with Gasteiger partial charge in [-0.25, -0.2) is 4.98 Å². The number of nitrogens with two attached hydrogens (primary N) is 1. The lowest BCUT2D eigenvalue weighted by atomic mass is 10.3. The summed E-state index contributed by atoms with van der Waals surface area (Å²) in [6.45, 7) is 0. The van der Waals surface area contributed by atoms with Gasteiger partial charge in [-0.3, -0.25) is 0 Å². The van der Waals surface area contributed by atoms with E-state index < -0.39 is 0 Å². The van der Waals surface area contributed by atoms with Crippen LogP contribution in [0, 0.1) is 0 Å². The van der Waals surface area contributed by atoms with E-state index in [1.54, 1.807) is 19.4 Å². The molecule has 5 heteroatoms. The molecule has 2 aromatic heterocycles. The largest absolute Gasteiger partial charge is 0.481 e. The topological polar surface area (TPSA) is 63.9 Å². The fourth-order valence-corrected chi connectivity index (χ4v) is 1.12. The summed E-state index contributed by atoms with van der Waals surface area (Å²) in [4.78, 5) is 7.17. The standard InChI is InChI=1S/C8H9N3O.ClH/c1-12-7-3-2-6-8(11-7)5(9)4-10-6;/h2-4,10H,9H2,1H3;1H. The van der Waals surface area contributed by atoms with Crippen LogP contribution in [0.15, 0.2) is 18.3 Å². The van der Waals surface area contributed by atoms with E-state index in [9.17, 15) is 0 Å². The number of fused-ring (bicyclic) bond motifs is 1. The van der Waals surface area contributed by atoms with Gasteiger partial charge in [-0.05, 0) is 6.07 Å². The summed E-state index contributed by atoms with van der Waals surface area (Å²) in [5.41, 5.74) is 7.98. The fraction of sp³-hybridized carbons (Fsp3) is 0.125. The summed E-state index contributed by atoms with van der Waals surface area (Å²) in [7, 11) is 1.58. The monoisotopic (exact) mass is 199 g/mol. The second-order valence-electron chi connectivity index (χ2n) is 2.49. The Morgan fingerprint density at radius 1 is 1.46 bits per heavy atom. The maximum atomic E-state index is 5.65. The third kappa shape index (κ3) is 1.53. The van der Waals surface area contributed by atoms with Crippen molar-refractivity contribution in [2.24, 2.45) is 0 Å². The van der Waals surface area contributed by atoms with E-state index in [2.05, 4.69) is 9.97 Å². The maximum absolute atomic E-state index is 5.65. The lowest BCUT2D eigenvalue weighted by Gasteiger charge is -1.97. The van der Waals surface area contributed by atoms with E-state index in [0.717, 1.165) is 11.0 Å². The van der Waals surface area contributed by atoms with Crippen LogP contribution in [-0.2, 0) is 0 Å². The molecule has 0 spiro atoms. The van der Waals surface area contributed by atoms with Crippen LogP contribution in [0.2, 0.25) is 0 Å². The van der Waals surface area contributed by atoms with Gasteiger partial charge < -0.3 is 15.5 Å². The molecule has 2 heterocycles. The van der Waals surface area contributed by atoms with Gasteiger partial charge in [0.15, 0.2) is 0 Å². The van der Waals surface area contributed by atoms with E-state index in [4.69, 9.17) is 10.5 Å². The average Bonchev–Trinajstić information content (AvgIpc) is 2.47. The second-order valence-corrected chi connectivity index (χ2v) is 2.49. The number of nitrogens with one attached hydrogen (secondary N) is 1. The van der Waals surface area contributed by atoms with Crippen molar-refractivity contribution in [3.05, 3.63) is 18.3 Å². The summed E-state index contributed by atoms with van der Waals surface area (Å²) >= 11 is 0. The highest BCUT2D eigenvalue weighted by Crippen LogP contribution is 2.20. The Morgan fingerprint density at radius 3 is 2.92 bits per heavy atom. The van der Waals surface area contributed by atoms with Crippen LogP contribution in [0.4, 0.5) is 5.69 Å². The van der Waals surface area contributed by atoms with Gasteiger partial charge in [-0.15, -0.1) is 12.4 Å². The lowest BCUT2D eigenvalue weighted by Crippen LogP contribution is -1.88. The number of aromatic amines is 1. The first kappa shape index (κ1) is 9.67. The Kier molecular flexibility index (Phi) is 2.63. The summed E-state index contributed by atoms with van der Waals surface area (Å²) in [5, 5.41) is 0.